The Bertz CT molecular complexity index is 1210. The summed E-state index contributed by atoms with van der Waals surface area (Å²) in [5.41, 5.74) is 2.69. The zero-order chi connectivity index (χ0) is 21.8. The third-order valence-corrected chi connectivity index (χ3v) is 4.33. The first-order valence-electron chi connectivity index (χ1n) is 9.13. The third kappa shape index (κ3) is 4.97. The fourth-order valence-electron chi connectivity index (χ4n) is 2.80. The van der Waals surface area contributed by atoms with Gasteiger partial charge in [-0.15, -0.1) is 0 Å². The maximum absolute atomic E-state index is 12.5. The number of nitrogens with zero attached hydrogens (tertiary/aromatic N) is 3. The number of para-hydroxylation sites is 1. The lowest BCUT2D eigenvalue weighted by Crippen LogP contribution is -2.23. The van der Waals surface area contributed by atoms with Gasteiger partial charge in [-0.1, -0.05) is 47.6 Å². The van der Waals surface area contributed by atoms with Crippen molar-refractivity contribution in [2.24, 2.45) is 0 Å². The number of ether oxygens (including phenoxy) is 1. The number of hydrogen-bond donors (Lipinski definition) is 1. The van der Waals surface area contributed by atoms with E-state index in [2.05, 4.69) is 25.0 Å². The maximum atomic E-state index is 12.5. The second kappa shape index (κ2) is 8.42. The third-order valence-electron chi connectivity index (χ3n) is 4.33. The molecule has 158 valence electrons. The van der Waals surface area contributed by atoms with Gasteiger partial charge in [0.2, 0.25) is 5.82 Å². The van der Waals surface area contributed by atoms with Gasteiger partial charge in [0.25, 0.3) is 0 Å². The number of carbonyl (C=O) groups is 1. The van der Waals surface area contributed by atoms with Crippen LogP contribution >= 0.6 is 0 Å². The number of hydrogen-bond acceptors (Lipinski definition) is 6. The molecular weight excluding hydrogens is 413 g/mol. The highest BCUT2D eigenvalue weighted by atomic mass is 19.4. The zero-order valence-electron chi connectivity index (χ0n) is 15.9. The SMILES string of the molecule is O=C(NCc1ccc(-c2noc(C(F)(F)F)n2)cc1)OCc1cnc2ccccc2c1. The van der Waals surface area contributed by atoms with Gasteiger partial charge < -0.3 is 14.6 Å². The molecule has 0 fully saturated rings. The molecule has 10 heteroatoms. The molecular formula is C21H15F3N4O3. The Hall–Kier alpha value is -3.95. The van der Waals surface area contributed by atoms with Gasteiger partial charge in [0.1, 0.15) is 6.61 Å². The van der Waals surface area contributed by atoms with Crippen LogP contribution in [0.5, 0.6) is 0 Å². The van der Waals surface area contributed by atoms with Crippen LogP contribution in [0, 0.1) is 0 Å². The molecule has 4 rings (SSSR count). The van der Waals surface area contributed by atoms with Crippen molar-refractivity contribution in [1.29, 1.82) is 0 Å². The zero-order valence-corrected chi connectivity index (χ0v) is 15.9. The van der Waals surface area contributed by atoms with Gasteiger partial charge in [-0.3, -0.25) is 4.98 Å². The van der Waals surface area contributed by atoms with E-state index in [1.807, 2.05) is 30.3 Å². The van der Waals surface area contributed by atoms with Crippen LogP contribution < -0.4 is 5.32 Å². The number of alkyl halides is 3. The van der Waals surface area contributed by atoms with Gasteiger partial charge in [-0.2, -0.15) is 18.2 Å². The topological polar surface area (TPSA) is 90.1 Å². The summed E-state index contributed by atoms with van der Waals surface area (Å²) in [6, 6.07) is 15.9. The highest BCUT2D eigenvalue weighted by Gasteiger charge is 2.38. The smallest absolute Gasteiger partial charge is 0.445 e. The van der Waals surface area contributed by atoms with Crippen molar-refractivity contribution in [2.75, 3.05) is 0 Å². The molecule has 31 heavy (non-hydrogen) atoms. The fraction of sp³-hybridized carbons (Fsp3) is 0.143. The van der Waals surface area contributed by atoms with E-state index in [-0.39, 0.29) is 19.0 Å². The minimum Gasteiger partial charge on any atom is -0.445 e. The largest absolute Gasteiger partial charge is 0.471 e. The molecule has 0 atom stereocenters. The Morgan fingerprint density at radius 1 is 1.06 bits per heavy atom. The van der Waals surface area contributed by atoms with Crippen LogP contribution in [0.1, 0.15) is 17.0 Å². The molecule has 0 saturated carbocycles. The number of benzene rings is 2. The van der Waals surface area contributed by atoms with Gasteiger partial charge in [0.15, 0.2) is 0 Å². The first-order chi connectivity index (χ1) is 14.9. The normalized spacial score (nSPS) is 11.5. The molecule has 4 aromatic rings. The standard InChI is InChI=1S/C21H15F3N4O3/c22-21(23,24)19-27-18(28-31-19)15-7-5-13(6-8-15)10-26-20(29)30-12-14-9-16-3-1-2-4-17(16)25-11-14/h1-9,11H,10,12H2,(H,26,29). The van der Waals surface area contributed by atoms with E-state index < -0.39 is 18.2 Å². The van der Waals surface area contributed by atoms with Crippen LogP contribution in [0.15, 0.2) is 65.3 Å². The molecule has 2 heterocycles. The van der Waals surface area contributed by atoms with E-state index in [4.69, 9.17) is 4.74 Å². The second-order valence-electron chi connectivity index (χ2n) is 6.58. The molecule has 0 aliphatic heterocycles. The molecule has 0 aliphatic carbocycles. The van der Waals surface area contributed by atoms with Crippen LogP contribution in [-0.4, -0.2) is 21.2 Å². The Morgan fingerprint density at radius 3 is 2.58 bits per heavy atom. The molecule has 1 N–H and O–H groups in total. The predicted octanol–water partition coefficient (Wildman–Crippen LogP) is 4.73. The Balaban J connectivity index is 1.29. The molecule has 0 bridgehead atoms. The molecule has 0 saturated heterocycles. The van der Waals surface area contributed by atoms with Gasteiger partial charge in [-0.25, -0.2) is 4.79 Å². The van der Waals surface area contributed by atoms with Gasteiger partial charge in [0, 0.05) is 29.3 Å². The molecule has 7 nitrogen and oxygen atoms in total. The van der Waals surface area contributed by atoms with Crippen molar-refractivity contribution in [2.45, 2.75) is 19.3 Å². The number of halogens is 3. The Kier molecular flexibility index (Phi) is 5.52. The number of aromatic nitrogens is 3. The van der Waals surface area contributed by atoms with E-state index >= 15 is 0 Å². The summed E-state index contributed by atoms with van der Waals surface area (Å²) in [6.07, 6.45) is -3.65. The van der Waals surface area contributed by atoms with Crippen LogP contribution in [0.3, 0.4) is 0 Å². The average molecular weight is 428 g/mol. The summed E-state index contributed by atoms with van der Waals surface area (Å²) in [7, 11) is 0. The average Bonchev–Trinajstić information content (AvgIpc) is 3.27. The van der Waals surface area contributed by atoms with E-state index in [0.29, 0.717) is 11.1 Å². The van der Waals surface area contributed by atoms with E-state index in [9.17, 15) is 18.0 Å². The maximum Gasteiger partial charge on any atom is 0.471 e. The number of pyridine rings is 1. The van der Waals surface area contributed by atoms with Crippen molar-refractivity contribution in [3.05, 3.63) is 77.8 Å². The van der Waals surface area contributed by atoms with E-state index in [1.165, 1.54) is 12.1 Å². The minimum atomic E-state index is -4.70. The summed E-state index contributed by atoms with van der Waals surface area (Å²) >= 11 is 0. The van der Waals surface area contributed by atoms with Gasteiger partial charge in [-0.05, 0) is 17.7 Å². The van der Waals surface area contributed by atoms with Crippen molar-refractivity contribution in [3.8, 4) is 11.4 Å². The van der Waals surface area contributed by atoms with Gasteiger partial charge >= 0.3 is 18.2 Å². The monoisotopic (exact) mass is 428 g/mol. The van der Waals surface area contributed by atoms with Crippen molar-refractivity contribution < 1.29 is 27.2 Å². The minimum absolute atomic E-state index is 0.0714. The molecule has 0 unspecified atom stereocenters. The number of nitrogens with one attached hydrogen (secondary N) is 1. The molecule has 0 aliphatic rings. The first kappa shape index (κ1) is 20.3. The summed E-state index contributed by atoms with van der Waals surface area (Å²) in [4.78, 5) is 19.6. The number of fused-ring (bicyclic) bond motifs is 1. The Morgan fingerprint density at radius 2 is 1.84 bits per heavy atom. The van der Waals surface area contributed by atoms with Crippen molar-refractivity contribution in [1.82, 2.24) is 20.4 Å². The Labute approximate surface area is 173 Å². The summed E-state index contributed by atoms with van der Waals surface area (Å²) < 4.78 is 47.0. The van der Waals surface area contributed by atoms with Crippen LogP contribution in [0.2, 0.25) is 0 Å². The van der Waals surface area contributed by atoms with Crippen molar-refractivity contribution >= 4 is 17.0 Å². The number of amides is 1. The van der Waals surface area contributed by atoms with Crippen LogP contribution in [-0.2, 0) is 24.1 Å². The molecule has 2 aromatic carbocycles. The van der Waals surface area contributed by atoms with Crippen LogP contribution in [0.4, 0.5) is 18.0 Å². The van der Waals surface area contributed by atoms with Crippen molar-refractivity contribution in [3.63, 3.8) is 0 Å². The lowest BCUT2D eigenvalue weighted by atomic mass is 10.1. The van der Waals surface area contributed by atoms with Gasteiger partial charge in [0.05, 0.1) is 5.52 Å². The molecule has 2 aromatic heterocycles. The first-order valence-corrected chi connectivity index (χ1v) is 9.13. The lowest BCUT2D eigenvalue weighted by molar-refractivity contribution is -0.159. The fourth-order valence-corrected chi connectivity index (χ4v) is 2.80. The quantitative estimate of drug-likeness (QED) is 0.494. The van der Waals surface area contributed by atoms with E-state index in [0.717, 1.165) is 16.5 Å². The predicted molar refractivity (Wildman–Crippen MR) is 104 cm³/mol. The summed E-state index contributed by atoms with van der Waals surface area (Å²) in [5.74, 6) is -1.58. The molecule has 0 spiro atoms. The number of alkyl carbamates (subject to hydrolysis) is 1. The van der Waals surface area contributed by atoms with Crippen LogP contribution in [0.25, 0.3) is 22.3 Å². The number of rotatable bonds is 5. The second-order valence-corrected chi connectivity index (χ2v) is 6.58. The summed E-state index contributed by atoms with van der Waals surface area (Å²) in [6.45, 7) is 0.247. The summed E-state index contributed by atoms with van der Waals surface area (Å²) in [5, 5.41) is 6.89. The highest BCUT2D eigenvalue weighted by Crippen LogP contribution is 2.29. The molecule has 1 amide bonds. The lowest BCUT2D eigenvalue weighted by Gasteiger charge is -2.08. The van der Waals surface area contributed by atoms with E-state index in [1.54, 1.807) is 18.3 Å². The number of carbonyl (C=O) groups excluding carboxylic acids is 1. The molecule has 0 radical (unpaired) electrons. The highest BCUT2D eigenvalue weighted by molar-refractivity contribution is 5.78.